The van der Waals surface area contributed by atoms with Crippen molar-refractivity contribution in [2.24, 2.45) is 5.41 Å². The van der Waals surface area contributed by atoms with Gasteiger partial charge in [0, 0.05) is 29.2 Å². The summed E-state index contributed by atoms with van der Waals surface area (Å²) in [7, 11) is 0. The molecular formula is C19H20F3N3O3. The molecule has 1 amide bonds. The highest BCUT2D eigenvalue weighted by molar-refractivity contribution is 5.95. The Bertz CT molecular complexity index is 859. The van der Waals surface area contributed by atoms with Crippen molar-refractivity contribution in [2.45, 2.75) is 50.9 Å². The van der Waals surface area contributed by atoms with Gasteiger partial charge < -0.3 is 14.6 Å². The fraction of sp³-hybridized carbons (Fsp3) is 0.526. The lowest BCUT2D eigenvalue weighted by Crippen LogP contribution is -2.67. The molecule has 28 heavy (non-hydrogen) atoms. The van der Waals surface area contributed by atoms with Gasteiger partial charge in [0.15, 0.2) is 0 Å². The summed E-state index contributed by atoms with van der Waals surface area (Å²) < 4.78 is 47.7. The van der Waals surface area contributed by atoms with Crippen LogP contribution in [0.3, 0.4) is 0 Å². The Labute approximate surface area is 159 Å². The van der Waals surface area contributed by atoms with Gasteiger partial charge in [-0.25, -0.2) is 0 Å². The minimum Gasteiger partial charge on any atom is -0.378 e. The van der Waals surface area contributed by atoms with Gasteiger partial charge in [-0.05, 0) is 38.3 Å². The molecule has 0 aliphatic heterocycles. The van der Waals surface area contributed by atoms with Crippen molar-refractivity contribution in [3.05, 3.63) is 35.7 Å². The average Bonchev–Trinajstić information content (AvgIpc) is 3.10. The molecule has 1 N–H and O–H groups in total. The zero-order valence-electron chi connectivity index (χ0n) is 15.3. The van der Waals surface area contributed by atoms with Crippen LogP contribution < -0.4 is 5.32 Å². The number of alkyl halides is 3. The van der Waals surface area contributed by atoms with Crippen molar-refractivity contribution < 1.29 is 27.2 Å². The molecule has 2 saturated carbocycles. The zero-order chi connectivity index (χ0) is 19.9. The van der Waals surface area contributed by atoms with Crippen molar-refractivity contribution in [1.29, 1.82) is 0 Å². The first-order valence-electron chi connectivity index (χ1n) is 9.27. The summed E-state index contributed by atoms with van der Waals surface area (Å²) in [5, 5.41) is 6.42. The third kappa shape index (κ3) is 3.17. The molecule has 2 aromatic rings. The molecule has 1 aromatic carbocycles. The Morgan fingerprint density at radius 2 is 2.04 bits per heavy atom. The minimum atomic E-state index is -4.69. The van der Waals surface area contributed by atoms with E-state index in [-0.39, 0.29) is 29.3 Å². The number of aromatic nitrogens is 2. The van der Waals surface area contributed by atoms with Crippen LogP contribution in [0.25, 0.3) is 11.4 Å². The number of nitrogens with zero attached hydrogens (tertiary/aromatic N) is 2. The van der Waals surface area contributed by atoms with Crippen LogP contribution in [0.2, 0.25) is 0 Å². The van der Waals surface area contributed by atoms with Gasteiger partial charge in [0.25, 0.3) is 5.91 Å². The van der Waals surface area contributed by atoms with E-state index in [1.807, 2.05) is 6.92 Å². The van der Waals surface area contributed by atoms with Crippen molar-refractivity contribution >= 4 is 5.91 Å². The monoisotopic (exact) mass is 395 g/mol. The van der Waals surface area contributed by atoms with E-state index in [0.717, 1.165) is 25.7 Å². The fourth-order valence-corrected chi connectivity index (χ4v) is 4.11. The summed E-state index contributed by atoms with van der Waals surface area (Å²) in [5.74, 6) is -1.78. The zero-order valence-corrected chi connectivity index (χ0v) is 15.3. The van der Waals surface area contributed by atoms with Crippen LogP contribution in [0.5, 0.6) is 0 Å². The number of hydrogen-bond donors (Lipinski definition) is 1. The highest BCUT2D eigenvalue weighted by atomic mass is 19.4. The molecular weight excluding hydrogens is 375 g/mol. The van der Waals surface area contributed by atoms with Gasteiger partial charge in [-0.15, -0.1) is 0 Å². The SMILES string of the molecule is CCO[C@H]1C[C@H](NC(=O)c2ccc(-c3noc(C(F)(F)F)n3)cc2)C12CCC2. The Hall–Kier alpha value is -2.42. The number of benzene rings is 1. The molecule has 0 saturated heterocycles. The summed E-state index contributed by atoms with van der Waals surface area (Å²) in [6, 6.07) is 6.18. The van der Waals surface area contributed by atoms with E-state index in [0.29, 0.717) is 17.7 Å². The van der Waals surface area contributed by atoms with Crippen molar-refractivity contribution in [3.8, 4) is 11.4 Å². The molecule has 1 heterocycles. The van der Waals surface area contributed by atoms with Gasteiger partial charge in [0.05, 0.1) is 6.10 Å². The number of halogens is 3. The van der Waals surface area contributed by atoms with Gasteiger partial charge in [0.2, 0.25) is 5.82 Å². The predicted molar refractivity (Wildman–Crippen MR) is 92.3 cm³/mol. The number of carbonyl (C=O) groups is 1. The van der Waals surface area contributed by atoms with Crippen LogP contribution in [0.4, 0.5) is 13.2 Å². The van der Waals surface area contributed by atoms with Gasteiger partial charge in [-0.1, -0.05) is 23.7 Å². The van der Waals surface area contributed by atoms with E-state index < -0.39 is 12.1 Å². The van der Waals surface area contributed by atoms with Gasteiger partial charge in [-0.2, -0.15) is 18.2 Å². The quantitative estimate of drug-likeness (QED) is 0.833. The number of carbonyl (C=O) groups excluding carboxylic acids is 1. The van der Waals surface area contributed by atoms with Gasteiger partial charge in [0.1, 0.15) is 0 Å². The number of nitrogens with one attached hydrogen (secondary N) is 1. The summed E-state index contributed by atoms with van der Waals surface area (Å²) in [4.78, 5) is 15.9. The molecule has 0 bridgehead atoms. The second-order valence-electron chi connectivity index (χ2n) is 7.29. The molecule has 1 aromatic heterocycles. The fourth-order valence-electron chi connectivity index (χ4n) is 4.11. The van der Waals surface area contributed by atoms with Crippen LogP contribution in [-0.2, 0) is 10.9 Å². The van der Waals surface area contributed by atoms with Crippen LogP contribution in [0.1, 0.15) is 48.9 Å². The maximum Gasteiger partial charge on any atom is 0.471 e. The maximum atomic E-state index is 12.6. The molecule has 2 aliphatic carbocycles. The molecule has 0 radical (unpaired) electrons. The topological polar surface area (TPSA) is 77.2 Å². The van der Waals surface area contributed by atoms with Crippen LogP contribution in [0.15, 0.2) is 28.8 Å². The summed E-state index contributed by atoms with van der Waals surface area (Å²) in [6.07, 6.45) is -0.414. The Morgan fingerprint density at radius 1 is 1.32 bits per heavy atom. The van der Waals surface area contributed by atoms with E-state index in [9.17, 15) is 18.0 Å². The predicted octanol–water partition coefficient (Wildman–Crippen LogP) is 3.83. The summed E-state index contributed by atoms with van der Waals surface area (Å²) >= 11 is 0. The Kier molecular flexibility index (Phi) is 4.65. The molecule has 2 aliphatic rings. The standard InChI is InChI=1S/C19H20F3N3O3/c1-2-27-14-10-13(18(14)8-3-9-18)23-16(26)12-6-4-11(5-7-12)15-24-17(28-25-15)19(20,21)22/h4-7,13-14H,2-3,8-10H2,1H3,(H,23,26)/t13-,14-/m0/s1. The van der Waals surface area contributed by atoms with Crippen molar-refractivity contribution in [2.75, 3.05) is 6.61 Å². The molecule has 150 valence electrons. The normalized spacial score (nSPS) is 23.1. The molecule has 4 rings (SSSR count). The smallest absolute Gasteiger partial charge is 0.378 e. The van der Waals surface area contributed by atoms with E-state index in [1.54, 1.807) is 12.1 Å². The Morgan fingerprint density at radius 3 is 2.57 bits per heavy atom. The number of amides is 1. The lowest BCUT2D eigenvalue weighted by atomic mass is 9.51. The first-order valence-corrected chi connectivity index (χ1v) is 9.27. The highest BCUT2D eigenvalue weighted by Gasteiger charge is 2.59. The second kappa shape index (κ2) is 6.88. The summed E-state index contributed by atoms with van der Waals surface area (Å²) in [6.45, 7) is 2.64. The molecule has 9 heteroatoms. The molecule has 2 atom stereocenters. The van der Waals surface area contributed by atoms with E-state index in [2.05, 4.69) is 20.0 Å². The number of ether oxygens (including phenoxy) is 1. The van der Waals surface area contributed by atoms with Crippen molar-refractivity contribution in [1.82, 2.24) is 15.5 Å². The van der Waals surface area contributed by atoms with Crippen molar-refractivity contribution in [3.63, 3.8) is 0 Å². The summed E-state index contributed by atoms with van der Waals surface area (Å²) in [5.41, 5.74) is 0.827. The van der Waals surface area contributed by atoms with E-state index in [1.165, 1.54) is 12.1 Å². The third-order valence-corrected chi connectivity index (χ3v) is 5.82. The molecule has 6 nitrogen and oxygen atoms in total. The first kappa shape index (κ1) is 18.9. The van der Waals surface area contributed by atoms with Crippen LogP contribution >= 0.6 is 0 Å². The third-order valence-electron chi connectivity index (χ3n) is 5.82. The molecule has 2 fully saturated rings. The minimum absolute atomic E-state index is 0.0598. The maximum absolute atomic E-state index is 12.6. The van der Waals surface area contributed by atoms with E-state index in [4.69, 9.17) is 4.74 Å². The average molecular weight is 395 g/mol. The largest absolute Gasteiger partial charge is 0.471 e. The lowest BCUT2D eigenvalue weighted by molar-refractivity contribution is -0.169. The number of rotatable bonds is 5. The number of hydrogen-bond acceptors (Lipinski definition) is 5. The molecule has 1 spiro atoms. The van der Waals surface area contributed by atoms with Crippen LogP contribution in [-0.4, -0.2) is 34.8 Å². The molecule has 0 unspecified atom stereocenters. The van der Waals surface area contributed by atoms with Crippen LogP contribution in [0, 0.1) is 5.41 Å². The van der Waals surface area contributed by atoms with Gasteiger partial charge in [-0.3, -0.25) is 4.79 Å². The lowest BCUT2D eigenvalue weighted by Gasteiger charge is -2.61. The van der Waals surface area contributed by atoms with Gasteiger partial charge >= 0.3 is 12.1 Å². The highest BCUT2D eigenvalue weighted by Crippen LogP contribution is 2.57. The van der Waals surface area contributed by atoms with E-state index >= 15 is 0 Å². The Balaban J connectivity index is 1.42. The second-order valence-corrected chi connectivity index (χ2v) is 7.29. The first-order chi connectivity index (χ1) is 13.3.